The molecule has 164 valence electrons. The van der Waals surface area contributed by atoms with Gasteiger partial charge in [-0.05, 0) is 37.0 Å². The Morgan fingerprint density at radius 2 is 2.16 bits per heavy atom. The van der Waals surface area contributed by atoms with Crippen LogP contribution in [0.3, 0.4) is 0 Å². The van der Waals surface area contributed by atoms with Crippen LogP contribution in [0, 0.1) is 18.8 Å². The maximum absolute atomic E-state index is 12.7. The van der Waals surface area contributed by atoms with Gasteiger partial charge in [0.2, 0.25) is 5.13 Å². The number of thiazole rings is 1. The predicted molar refractivity (Wildman–Crippen MR) is 131 cm³/mol. The first-order valence-corrected chi connectivity index (χ1v) is 11.6. The molecular weight excluding hydrogens is 453 g/mol. The topological polar surface area (TPSA) is 78.7 Å². The maximum Gasteiger partial charge on any atom is 0.267 e. The van der Waals surface area contributed by atoms with Crippen LogP contribution in [0.2, 0.25) is 5.02 Å². The number of aliphatic imine (C=N–C) groups is 2. The first-order valence-electron chi connectivity index (χ1n) is 10.0. The summed E-state index contributed by atoms with van der Waals surface area (Å²) in [7, 11) is 0. The Morgan fingerprint density at radius 1 is 1.39 bits per heavy atom. The Kier molecular flexibility index (Phi) is 7.86. The fourth-order valence-electron chi connectivity index (χ4n) is 2.95. The van der Waals surface area contributed by atoms with Gasteiger partial charge in [-0.3, -0.25) is 4.79 Å². The quantitative estimate of drug-likeness (QED) is 0.479. The van der Waals surface area contributed by atoms with E-state index in [1.54, 1.807) is 6.07 Å². The normalized spacial score (nSPS) is 18.2. The number of carbonyl (C=O) groups excluding carboxylic acids is 1. The lowest BCUT2D eigenvalue weighted by Gasteiger charge is -2.17. The van der Waals surface area contributed by atoms with Crippen molar-refractivity contribution in [3.63, 3.8) is 0 Å². The molecule has 2 heterocycles. The Morgan fingerprint density at radius 3 is 2.87 bits per heavy atom. The average molecular weight is 478 g/mol. The Balaban J connectivity index is 1.84. The molecule has 1 amide bonds. The molecule has 1 aromatic carbocycles. The molecule has 0 saturated carbocycles. The number of amides is 1. The number of nitrogens with zero attached hydrogens (tertiary/aromatic N) is 3. The zero-order chi connectivity index (χ0) is 22.5. The van der Waals surface area contributed by atoms with E-state index in [-0.39, 0.29) is 11.8 Å². The lowest BCUT2D eigenvalue weighted by Crippen LogP contribution is -2.27. The number of aryl methyl sites for hydroxylation is 1. The monoisotopic (exact) mass is 477 g/mol. The number of para-hydroxylation sites is 1. The molecule has 1 atom stereocenters. The minimum Gasteiger partial charge on any atom is -0.335 e. The third-order valence-corrected chi connectivity index (χ3v) is 6.05. The minimum absolute atomic E-state index is 0.0602. The van der Waals surface area contributed by atoms with Gasteiger partial charge in [-0.25, -0.2) is 15.0 Å². The number of amidine groups is 2. The number of carbonyl (C=O) groups is 1. The van der Waals surface area contributed by atoms with Gasteiger partial charge < -0.3 is 10.6 Å². The largest absolute Gasteiger partial charge is 0.335 e. The molecule has 0 fully saturated rings. The number of hydrogen-bond acceptors (Lipinski definition) is 5. The van der Waals surface area contributed by atoms with Gasteiger partial charge in [-0.15, -0.1) is 0 Å². The van der Waals surface area contributed by atoms with E-state index in [4.69, 9.17) is 28.2 Å². The van der Waals surface area contributed by atoms with Crippen LogP contribution in [-0.2, 0) is 0 Å². The third kappa shape index (κ3) is 6.38. The summed E-state index contributed by atoms with van der Waals surface area (Å²) in [5.41, 5.74) is 1.49. The molecule has 0 aliphatic carbocycles. The van der Waals surface area contributed by atoms with Crippen LogP contribution >= 0.6 is 34.5 Å². The highest BCUT2D eigenvalue weighted by molar-refractivity contribution is 7.17. The van der Waals surface area contributed by atoms with E-state index in [0.717, 1.165) is 17.8 Å². The van der Waals surface area contributed by atoms with Crippen LogP contribution in [0.15, 0.2) is 45.6 Å². The highest BCUT2D eigenvalue weighted by Gasteiger charge is 2.18. The second-order valence-electron chi connectivity index (χ2n) is 7.83. The van der Waals surface area contributed by atoms with Crippen molar-refractivity contribution < 1.29 is 4.79 Å². The number of anilines is 1. The van der Waals surface area contributed by atoms with E-state index in [2.05, 4.69) is 34.5 Å². The molecule has 1 aromatic heterocycles. The highest BCUT2D eigenvalue weighted by Crippen LogP contribution is 2.28. The van der Waals surface area contributed by atoms with Gasteiger partial charge in [0.25, 0.3) is 5.91 Å². The maximum atomic E-state index is 12.7. The minimum atomic E-state index is -0.272. The number of allylic oxidation sites excluding steroid dienone is 1. The van der Waals surface area contributed by atoms with Crippen molar-refractivity contribution in [2.45, 2.75) is 40.5 Å². The number of rotatable bonds is 5. The summed E-state index contributed by atoms with van der Waals surface area (Å²) in [6.45, 7) is 8.17. The first kappa shape index (κ1) is 23.4. The molecule has 9 heteroatoms. The molecule has 1 unspecified atom stereocenters. The van der Waals surface area contributed by atoms with Crippen LogP contribution < -0.4 is 10.6 Å². The summed E-state index contributed by atoms with van der Waals surface area (Å²) < 4.78 is 0. The summed E-state index contributed by atoms with van der Waals surface area (Å²) in [6, 6.07) is 5.48. The van der Waals surface area contributed by atoms with Crippen molar-refractivity contribution >= 4 is 62.9 Å². The van der Waals surface area contributed by atoms with Crippen LogP contribution in [0.25, 0.3) is 0 Å². The van der Waals surface area contributed by atoms with E-state index in [9.17, 15) is 4.79 Å². The fourth-order valence-corrected chi connectivity index (χ4v) is 4.11. The number of hydrogen-bond donors (Lipinski definition) is 2. The summed E-state index contributed by atoms with van der Waals surface area (Å²) in [4.78, 5) is 26.8. The molecular formula is C22H25Cl2N5OS. The molecule has 3 rings (SSSR count). The zero-order valence-corrected chi connectivity index (χ0v) is 20.2. The SMILES string of the molecule is Cc1cccc(Cl)c1NC(=O)c1cnc(N=C2N=C(CC(C)C)NC(Cl)=CCC2C)s1. The standard InChI is InChI=1S/C22H25Cl2N5OS/c1-12(2)10-18-26-17(24)9-8-14(4)20(27-18)29-22-25-11-16(31-22)21(30)28-19-13(3)6-5-7-15(19)23/h5-7,9,11-12,14H,8,10H2,1-4H3,(H,28,30)(H,25,26,27,29). The van der Waals surface area contributed by atoms with Crippen molar-refractivity contribution in [2.75, 3.05) is 5.32 Å². The lowest BCUT2D eigenvalue weighted by molar-refractivity contribution is 0.103. The van der Waals surface area contributed by atoms with Gasteiger partial charge in [-0.2, -0.15) is 0 Å². The van der Waals surface area contributed by atoms with E-state index < -0.39 is 0 Å². The van der Waals surface area contributed by atoms with Gasteiger partial charge in [0.1, 0.15) is 21.7 Å². The smallest absolute Gasteiger partial charge is 0.267 e. The van der Waals surface area contributed by atoms with Gasteiger partial charge in [-0.1, -0.05) is 67.4 Å². The summed E-state index contributed by atoms with van der Waals surface area (Å²) in [5, 5.41) is 7.56. The van der Waals surface area contributed by atoms with Gasteiger partial charge in [0, 0.05) is 12.3 Å². The average Bonchev–Trinajstić information content (AvgIpc) is 3.16. The predicted octanol–water partition coefficient (Wildman–Crippen LogP) is 6.54. The van der Waals surface area contributed by atoms with Crippen LogP contribution in [0.5, 0.6) is 0 Å². The molecule has 2 aromatic rings. The summed E-state index contributed by atoms with van der Waals surface area (Å²) >= 11 is 13.7. The van der Waals surface area contributed by atoms with E-state index in [0.29, 0.717) is 44.0 Å². The third-order valence-electron chi connectivity index (χ3n) is 4.59. The summed E-state index contributed by atoms with van der Waals surface area (Å²) in [5.74, 6) is 1.63. The Hall–Kier alpha value is -2.22. The molecule has 31 heavy (non-hydrogen) atoms. The molecule has 0 bridgehead atoms. The molecule has 0 spiro atoms. The Bertz CT molecular complexity index is 1040. The van der Waals surface area contributed by atoms with Crippen LogP contribution in [0.1, 0.15) is 48.8 Å². The van der Waals surface area contributed by atoms with Crippen molar-refractivity contribution in [1.29, 1.82) is 0 Å². The molecule has 1 aliphatic rings. The van der Waals surface area contributed by atoms with Crippen molar-refractivity contribution in [3.8, 4) is 0 Å². The van der Waals surface area contributed by atoms with Crippen molar-refractivity contribution in [3.05, 3.63) is 51.1 Å². The van der Waals surface area contributed by atoms with E-state index in [1.165, 1.54) is 17.5 Å². The molecule has 1 aliphatic heterocycles. The van der Waals surface area contributed by atoms with Gasteiger partial charge in [0.05, 0.1) is 16.9 Å². The highest BCUT2D eigenvalue weighted by atomic mass is 35.5. The van der Waals surface area contributed by atoms with Crippen molar-refractivity contribution in [1.82, 2.24) is 10.3 Å². The fraction of sp³-hybridized carbons (Fsp3) is 0.364. The number of aromatic nitrogens is 1. The van der Waals surface area contributed by atoms with E-state index in [1.807, 2.05) is 32.1 Å². The first-order chi connectivity index (χ1) is 14.7. The number of halogens is 2. The molecule has 0 radical (unpaired) electrons. The lowest BCUT2D eigenvalue weighted by atomic mass is 10.1. The number of benzene rings is 1. The van der Waals surface area contributed by atoms with Gasteiger partial charge >= 0.3 is 0 Å². The second kappa shape index (κ2) is 10.4. The van der Waals surface area contributed by atoms with E-state index >= 15 is 0 Å². The zero-order valence-electron chi connectivity index (χ0n) is 17.9. The van der Waals surface area contributed by atoms with Crippen LogP contribution in [0.4, 0.5) is 10.8 Å². The van der Waals surface area contributed by atoms with Crippen LogP contribution in [-0.4, -0.2) is 22.6 Å². The molecule has 6 nitrogen and oxygen atoms in total. The van der Waals surface area contributed by atoms with Gasteiger partial charge in [0.15, 0.2) is 0 Å². The second-order valence-corrected chi connectivity index (χ2v) is 9.66. The Labute approximate surface area is 196 Å². The summed E-state index contributed by atoms with van der Waals surface area (Å²) in [6.07, 6.45) is 4.91. The van der Waals surface area contributed by atoms with Crippen molar-refractivity contribution in [2.24, 2.45) is 21.8 Å². The molecule has 2 N–H and O–H groups in total. The number of nitrogens with one attached hydrogen (secondary N) is 2. The molecule has 0 saturated heterocycles.